The first-order chi connectivity index (χ1) is 11.5. The first-order valence-electron chi connectivity index (χ1n) is 8.31. The molecule has 2 N–H and O–H groups in total. The van der Waals surface area contributed by atoms with E-state index in [1.807, 2.05) is 19.9 Å². The maximum atomic E-state index is 12.3. The number of carboxylic acids is 1. The molecule has 2 aromatic heterocycles. The van der Waals surface area contributed by atoms with Gasteiger partial charge in [-0.05, 0) is 26.7 Å². The van der Waals surface area contributed by atoms with Crippen LogP contribution < -0.4 is 5.32 Å². The first kappa shape index (κ1) is 17.9. The lowest BCUT2D eigenvalue weighted by Gasteiger charge is -2.08. The van der Waals surface area contributed by atoms with Gasteiger partial charge >= 0.3 is 5.97 Å². The molecule has 2 heterocycles. The summed E-state index contributed by atoms with van der Waals surface area (Å²) in [5.41, 5.74) is 2.92. The van der Waals surface area contributed by atoms with Gasteiger partial charge in [0.25, 0.3) is 5.91 Å². The van der Waals surface area contributed by atoms with E-state index >= 15 is 0 Å². The third-order valence-electron chi connectivity index (χ3n) is 3.94. The van der Waals surface area contributed by atoms with E-state index in [0.717, 1.165) is 49.1 Å². The number of nitrogens with one attached hydrogen (secondary N) is 1. The third kappa shape index (κ3) is 4.78. The lowest BCUT2D eigenvalue weighted by atomic mass is 10.1. The van der Waals surface area contributed by atoms with E-state index in [2.05, 4.69) is 15.4 Å². The summed E-state index contributed by atoms with van der Waals surface area (Å²) in [4.78, 5) is 26.9. The van der Waals surface area contributed by atoms with Crippen molar-refractivity contribution in [2.75, 3.05) is 6.54 Å². The van der Waals surface area contributed by atoms with Crippen LogP contribution >= 0.6 is 0 Å². The van der Waals surface area contributed by atoms with Crippen molar-refractivity contribution in [3.63, 3.8) is 0 Å². The van der Waals surface area contributed by atoms with E-state index in [9.17, 15) is 9.59 Å². The van der Waals surface area contributed by atoms with Gasteiger partial charge in [-0.2, -0.15) is 5.10 Å². The van der Waals surface area contributed by atoms with Gasteiger partial charge in [0.15, 0.2) is 5.65 Å². The highest BCUT2D eigenvalue weighted by molar-refractivity contribution is 5.95. The third-order valence-corrected chi connectivity index (χ3v) is 3.94. The monoisotopic (exact) mass is 332 g/mol. The second-order valence-electron chi connectivity index (χ2n) is 5.98. The minimum Gasteiger partial charge on any atom is -0.481 e. The number of nitrogens with zero attached hydrogens (tertiary/aromatic N) is 3. The van der Waals surface area contributed by atoms with Gasteiger partial charge in [0.2, 0.25) is 0 Å². The van der Waals surface area contributed by atoms with Gasteiger partial charge in [0.05, 0.1) is 17.0 Å². The minimum absolute atomic E-state index is 0.138. The van der Waals surface area contributed by atoms with Crippen LogP contribution in [0.2, 0.25) is 0 Å². The number of carbonyl (C=O) groups excluding carboxylic acids is 1. The Morgan fingerprint density at radius 2 is 1.88 bits per heavy atom. The molecular weight excluding hydrogens is 308 g/mol. The Bertz CT molecular complexity index is 724. The van der Waals surface area contributed by atoms with E-state index in [1.165, 1.54) is 0 Å². The summed E-state index contributed by atoms with van der Waals surface area (Å²) in [6.07, 6.45) is 6.31. The molecule has 24 heavy (non-hydrogen) atoms. The second kappa shape index (κ2) is 8.42. The minimum atomic E-state index is -0.740. The average Bonchev–Trinajstić information content (AvgIpc) is 2.91. The van der Waals surface area contributed by atoms with E-state index in [1.54, 1.807) is 10.7 Å². The van der Waals surface area contributed by atoms with E-state index in [-0.39, 0.29) is 12.3 Å². The molecule has 1 amide bonds. The van der Waals surface area contributed by atoms with Crippen LogP contribution in [0.5, 0.6) is 0 Å². The van der Waals surface area contributed by atoms with Crippen molar-refractivity contribution >= 4 is 17.5 Å². The molecule has 0 fully saturated rings. The fraction of sp³-hybridized carbons (Fsp3) is 0.529. The number of aromatic nitrogens is 3. The van der Waals surface area contributed by atoms with Crippen molar-refractivity contribution in [1.29, 1.82) is 0 Å². The van der Waals surface area contributed by atoms with Gasteiger partial charge in [-0.15, -0.1) is 0 Å². The number of unbranched alkanes of at least 4 members (excludes halogenated alkanes) is 4. The molecule has 2 aromatic rings. The Hall–Kier alpha value is -2.44. The van der Waals surface area contributed by atoms with Crippen LogP contribution in [-0.2, 0) is 4.79 Å². The summed E-state index contributed by atoms with van der Waals surface area (Å²) in [5.74, 6) is -0.878. The van der Waals surface area contributed by atoms with E-state index in [0.29, 0.717) is 12.1 Å². The molecule has 0 spiro atoms. The molecule has 0 atom stereocenters. The molecule has 0 aliphatic heterocycles. The average molecular weight is 332 g/mol. The first-order valence-corrected chi connectivity index (χ1v) is 8.31. The van der Waals surface area contributed by atoms with Gasteiger partial charge in [0, 0.05) is 25.2 Å². The largest absolute Gasteiger partial charge is 0.481 e. The van der Waals surface area contributed by atoms with Gasteiger partial charge in [0.1, 0.15) is 0 Å². The molecule has 0 radical (unpaired) electrons. The SMILES string of the molecule is Cc1cc2ncc(C(=O)NCCCCCCCC(=O)O)c(C)n2n1. The zero-order chi connectivity index (χ0) is 17.5. The summed E-state index contributed by atoms with van der Waals surface area (Å²) in [6, 6.07) is 1.87. The number of hydrogen-bond donors (Lipinski definition) is 2. The molecule has 0 bridgehead atoms. The maximum absolute atomic E-state index is 12.3. The fourth-order valence-corrected chi connectivity index (χ4v) is 2.61. The van der Waals surface area contributed by atoms with Crippen LogP contribution in [0.3, 0.4) is 0 Å². The Labute approximate surface area is 141 Å². The standard InChI is InChI=1S/C17H24N4O3/c1-12-10-15-19-11-14(13(2)21(15)20-12)17(24)18-9-7-5-3-4-6-8-16(22)23/h10-11H,3-9H2,1-2H3,(H,18,24)(H,22,23). The Balaban J connectivity index is 1.75. The van der Waals surface area contributed by atoms with Gasteiger partial charge in [-0.1, -0.05) is 19.3 Å². The number of aryl methyl sites for hydroxylation is 2. The number of rotatable bonds is 9. The highest BCUT2D eigenvalue weighted by Crippen LogP contribution is 2.11. The molecule has 0 aliphatic rings. The predicted octanol–water partition coefficient (Wildman–Crippen LogP) is 2.50. The molecule has 0 aliphatic carbocycles. The highest BCUT2D eigenvalue weighted by atomic mass is 16.4. The zero-order valence-corrected chi connectivity index (χ0v) is 14.2. The molecular formula is C17H24N4O3. The normalized spacial score (nSPS) is 10.9. The van der Waals surface area contributed by atoms with Crippen LogP contribution in [-0.4, -0.2) is 38.1 Å². The van der Waals surface area contributed by atoms with E-state index < -0.39 is 5.97 Å². The van der Waals surface area contributed by atoms with Crippen LogP contribution in [0, 0.1) is 13.8 Å². The Morgan fingerprint density at radius 3 is 2.62 bits per heavy atom. The molecule has 0 saturated carbocycles. The molecule has 0 saturated heterocycles. The van der Waals surface area contributed by atoms with Crippen molar-refractivity contribution in [2.24, 2.45) is 0 Å². The summed E-state index contributed by atoms with van der Waals surface area (Å²) in [6.45, 7) is 4.36. The number of carbonyl (C=O) groups is 2. The summed E-state index contributed by atoms with van der Waals surface area (Å²) >= 11 is 0. The fourth-order valence-electron chi connectivity index (χ4n) is 2.61. The molecule has 7 nitrogen and oxygen atoms in total. The number of hydrogen-bond acceptors (Lipinski definition) is 4. The lowest BCUT2D eigenvalue weighted by Crippen LogP contribution is -2.26. The van der Waals surface area contributed by atoms with Crippen LogP contribution in [0.15, 0.2) is 12.3 Å². The molecule has 130 valence electrons. The number of aliphatic carboxylic acids is 1. The maximum Gasteiger partial charge on any atom is 0.303 e. The zero-order valence-electron chi connectivity index (χ0n) is 14.2. The second-order valence-corrected chi connectivity index (χ2v) is 5.98. The number of carboxylic acid groups (broad SMARTS) is 1. The van der Waals surface area contributed by atoms with Gasteiger partial charge < -0.3 is 10.4 Å². The summed E-state index contributed by atoms with van der Waals surface area (Å²) in [7, 11) is 0. The van der Waals surface area contributed by atoms with Crippen LogP contribution in [0.4, 0.5) is 0 Å². The van der Waals surface area contributed by atoms with Crippen LogP contribution in [0.1, 0.15) is 60.3 Å². The predicted molar refractivity (Wildman–Crippen MR) is 90.1 cm³/mol. The van der Waals surface area contributed by atoms with Crippen LogP contribution in [0.25, 0.3) is 5.65 Å². The van der Waals surface area contributed by atoms with Gasteiger partial charge in [-0.25, -0.2) is 9.50 Å². The molecule has 7 heteroatoms. The number of fused-ring (bicyclic) bond motifs is 1. The molecule has 0 unspecified atom stereocenters. The topological polar surface area (TPSA) is 96.6 Å². The van der Waals surface area contributed by atoms with Gasteiger partial charge in [-0.3, -0.25) is 9.59 Å². The molecule has 0 aromatic carbocycles. The Morgan fingerprint density at radius 1 is 1.17 bits per heavy atom. The van der Waals surface area contributed by atoms with Crippen molar-refractivity contribution in [3.8, 4) is 0 Å². The summed E-state index contributed by atoms with van der Waals surface area (Å²) in [5, 5.41) is 15.8. The van der Waals surface area contributed by atoms with Crippen molar-refractivity contribution in [1.82, 2.24) is 19.9 Å². The lowest BCUT2D eigenvalue weighted by molar-refractivity contribution is -0.137. The quantitative estimate of drug-likeness (QED) is 0.688. The highest BCUT2D eigenvalue weighted by Gasteiger charge is 2.13. The van der Waals surface area contributed by atoms with Crippen molar-refractivity contribution in [3.05, 3.63) is 29.2 Å². The number of amides is 1. The van der Waals surface area contributed by atoms with E-state index in [4.69, 9.17) is 5.11 Å². The van der Waals surface area contributed by atoms with Crippen molar-refractivity contribution < 1.29 is 14.7 Å². The Kier molecular flexibility index (Phi) is 6.28. The smallest absolute Gasteiger partial charge is 0.303 e. The molecule has 2 rings (SSSR count). The summed E-state index contributed by atoms with van der Waals surface area (Å²) < 4.78 is 1.69. The van der Waals surface area contributed by atoms with Crippen molar-refractivity contribution in [2.45, 2.75) is 52.4 Å².